The molecule has 0 unspecified atom stereocenters. The molecule has 1 saturated heterocycles. The topological polar surface area (TPSA) is 61.8 Å². The third kappa shape index (κ3) is 6.17. The molecule has 1 heterocycles. The smallest absolute Gasteiger partial charge is 0.409 e. The fourth-order valence-corrected chi connectivity index (χ4v) is 2.16. The summed E-state index contributed by atoms with van der Waals surface area (Å²) in [6.45, 7) is 2.10. The Balaban J connectivity index is 0.00000200. The molecule has 1 aromatic carbocycles. The van der Waals surface area contributed by atoms with Crippen molar-refractivity contribution in [3.63, 3.8) is 0 Å². The van der Waals surface area contributed by atoms with Crippen LogP contribution in [0.5, 0.6) is 0 Å². The first kappa shape index (κ1) is 20.1. The largest absolute Gasteiger partial charge is 0.445 e. The first-order valence-corrected chi connectivity index (χ1v) is 6.47. The summed E-state index contributed by atoms with van der Waals surface area (Å²) in [5.74, 6) is 0.0780. The van der Waals surface area contributed by atoms with Gasteiger partial charge in [-0.15, -0.1) is 0 Å². The molecule has 2 atom stereocenters. The van der Waals surface area contributed by atoms with Gasteiger partial charge in [0, 0.05) is 32.6 Å². The number of hydrogen-bond acceptors (Lipinski definition) is 4. The molecule has 0 aliphatic carbocycles. The van der Waals surface area contributed by atoms with E-state index in [9.17, 15) is 9.90 Å². The maximum Gasteiger partial charge on any atom is 0.409 e. The molecule has 5 nitrogen and oxygen atoms in total. The van der Waals surface area contributed by atoms with Crippen molar-refractivity contribution in [2.24, 2.45) is 5.92 Å². The van der Waals surface area contributed by atoms with Crippen LogP contribution in [0, 0.1) is 5.92 Å². The predicted molar refractivity (Wildman–Crippen MR) is 92.4 cm³/mol. The zero-order valence-electron chi connectivity index (χ0n) is 12.1. The fraction of sp³-hybridized carbons (Fsp3) is 0.500. The average molecular weight is 332 g/mol. The summed E-state index contributed by atoms with van der Waals surface area (Å²) >= 11 is 0. The average Bonchev–Trinajstić information content (AvgIpc) is 2.82. The van der Waals surface area contributed by atoms with Crippen LogP contribution in [0.4, 0.5) is 4.79 Å². The maximum absolute atomic E-state index is 11.8. The molecule has 21 heavy (non-hydrogen) atoms. The summed E-state index contributed by atoms with van der Waals surface area (Å²) in [6, 6.07) is 9.57. The Morgan fingerprint density at radius 1 is 1.33 bits per heavy atom. The van der Waals surface area contributed by atoms with Crippen molar-refractivity contribution in [3.05, 3.63) is 35.9 Å². The lowest BCUT2D eigenvalue weighted by Gasteiger charge is -2.22. The van der Waals surface area contributed by atoms with E-state index in [1.807, 2.05) is 30.3 Å². The predicted octanol–water partition coefficient (Wildman–Crippen LogP) is 1.06. The molecule has 0 bridgehead atoms. The molecule has 0 radical (unpaired) electrons. The van der Waals surface area contributed by atoms with Crippen molar-refractivity contribution in [2.45, 2.75) is 12.7 Å². The zero-order chi connectivity index (χ0) is 13.7. The number of aliphatic hydroxyl groups is 1. The summed E-state index contributed by atoms with van der Waals surface area (Å²) in [7, 11) is 1.69. The number of benzene rings is 1. The van der Waals surface area contributed by atoms with Crippen molar-refractivity contribution in [1.29, 1.82) is 0 Å². The number of carbonyl (C=O) groups excluding carboxylic acids is 1. The van der Waals surface area contributed by atoms with Crippen molar-refractivity contribution in [2.75, 3.05) is 26.7 Å². The Morgan fingerprint density at radius 3 is 2.57 bits per heavy atom. The molecular formula is C14H24N2O3S2. The second kappa shape index (κ2) is 9.94. The maximum atomic E-state index is 11.8. The van der Waals surface area contributed by atoms with Gasteiger partial charge in [0.25, 0.3) is 0 Å². The number of rotatable bonds is 4. The highest BCUT2D eigenvalue weighted by Gasteiger charge is 2.27. The highest BCUT2D eigenvalue weighted by Crippen LogP contribution is 2.11. The fourth-order valence-electron chi connectivity index (χ4n) is 2.16. The molecule has 1 amide bonds. The quantitative estimate of drug-likeness (QED) is 0.865. The van der Waals surface area contributed by atoms with Crippen LogP contribution in [0.15, 0.2) is 30.3 Å². The van der Waals surface area contributed by atoms with Gasteiger partial charge in [-0.1, -0.05) is 30.3 Å². The van der Waals surface area contributed by atoms with Crippen molar-refractivity contribution >= 4 is 33.1 Å². The van der Waals surface area contributed by atoms with Crippen LogP contribution in [0.3, 0.4) is 0 Å². The van der Waals surface area contributed by atoms with Crippen LogP contribution in [0.25, 0.3) is 0 Å². The standard InChI is InChI=1S/C14H20N2O3.2H2S/c1-16(9-12-7-15-8-13(12)17)14(18)19-10-11-5-3-2-4-6-11;;/h2-6,12-13,15,17H,7-10H2,1H3;2*1H2/t12-,13+;;/m0../s1. The van der Waals surface area contributed by atoms with Crippen molar-refractivity contribution in [3.8, 4) is 0 Å². The van der Waals surface area contributed by atoms with E-state index < -0.39 is 0 Å². The number of nitrogens with one attached hydrogen (secondary N) is 1. The number of β-amino-alcohol motifs (C(OH)–C–C–N with tert-alkyl or cyclic N) is 1. The summed E-state index contributed by atoms with van der Waals surface area (Å²) in [5.41, 5.74) is 0.965. The molecule has 2 N–H and O–H groups in total. The lowest BCUT2D eigenvalue weighted by molar-refractivity contribution is 0.0845. The first-order valence-electron chi connectivity index (χ1n) is 6.47. The highest BCUT2D eigenvalue weighted by atomic mass is 32.1. The Kier molecular flexibility index (Phi) is 9.52. The van der Waals surface area contributed by atoms with E-state index >= 15 is 0 Å². The van der Waals surface area contributed by atoms with Gasteiger partial charge in [-0.3, -0.25) is 0 Å². The summed E-state index contributed by atoms with van der Waals surface area (Å²) in [4.78, 5) is 13.3. The zero-order valence-corrected chi connectivity index (χ0v) is 14.1. The number of ether oxygens (including phenoxy) is 1. The molecule has 1 fully saturated rings. The SMILES string of the molecule is CN(C[C@@H]1CNC[C@H]1O)C(=O)OCc1ccccc1.S.S. The normalized spacial score (nSPS) is 20.1. The number of carbonyl (C=O) groups is 1. The van der Waals surface area contributed by atoms with E-state index in [0.717, 1.165) is 12.1 Å². The Morgan fingerprint density at radius 2 is 2.00 bits per heavy atom. The Bertz CT molecular complexity index is 420. The van der Waals surface area contributed by atoms with E-state index in [4.69, 9.17) is 4.74 Å². The minimum atomic E-state index is -0.385. The molecule has 0 spiro atoms. The molecule has 120 valence electrons. The lowest BCUT2D eigenvalue weighted by Crippen LogP contribution is -2.36. The van der Waals surface area contributed by atoms with Gasteiger partial charge in [-0.2, -0.15) is 27.0 Å². The molecular weight excluding hydrogens is 308 g/mol. The summed E-state index contributed by atoms with van der Waals surface area (Å²) in [5, 5.41) is 12.8. The van der Waals surface area contributed by atoms with Crippen LogP contribution in [0.1, 0.15) is 5.56 Å². The number of hydrogen-bond donors (Lipinski definition) is 2. The van der Waals surface area contributed by atoms with Gasteiger partial charge in [0.15, 0.2) is 0 Å². The molecule has 1 aliphatic rings. The number of nitrogens with zero attached hydrogens (tertiary/aromatic N) is 1. The van der Waals surface area contributed by atoms with E-state index in [2.05, 4.69) is 5.32 Å². The summed E-state index contributed by atoms with van der Waals surface area (Å²) in [6.07, 6.45) is -0.743. The van der Waals surface area contributed by atoms with Crippen LogP contribution < -0.4 is 5.32 Å². The second-order valence-electron chi connectivity index (χ2n) is 4.91. The van der Waals surface area contributed by atoms with Gasteiger partial charge < -0.3 is 20.1 Å². The Hall–Kier alpha value is -0.890. The van der Waals surface area contributed by atoms with Gasteiger partial charge in [-0.05, 0) is 5.56 Å². The van der Waals surface area contributed by atoms with Gasteiger partial charge in [0.05, 0.1) is 6.10 Å². The molecule has 0 saturated carbocycles. The lowest BCUT2D eigenvalue weighted by atomic mass is 10.1. The van der Waals surface area contributed by atoms with E-state index in [1.54, 1.807) is 7.05 Å². The minimum Gasteiger partial charge on any atom is -0.445 e. The van der Waals surface area contributed by atoms with Gasteiger partial charge in [-0.25, -0.2) is 4.79 Å². The third-order valence-corrected chi connectivity index (χ3v) is 3.33. The van der Waals surface area contributed by atoms with Crippen molar-refractivity contribution < 1.29 is 14.6 Å². The van der Waals surface area contributed by atoms with Crippen LogP contribution in [-0.2, 0) is 11.3 Å². The third-order valence-electron chi connectivity index (χ3n) is 3.33. The monoisotopic (exact) mass is 332 g/mol. The van der Waals surface area contributed by atoms with Gasteiger partial charge in [0.2, 0.25) is 0 Å². The highest BCUT2D eigenvalue weighted by molar-refractivity contribution is 7.59. The second-order valence-corrected chi connectivity index (χ2v) is 4.91. The van der Waals surface area contributed by atoms with E-state index in [0.29, 0.717) is 13.1 Å². The molecule has 7 heteroatoms. The minimum absolute atomic E-state index is 0. The number of amides is 1. The molecule has 1 aliphatic heterocycles. The van der Waals surface area contributed by atoms with Crippen LogP contribution in [0.2, 0.25) is 0 Å². The molecule has 1 aromatic rings. The Labute approximate surface area is 139 Å². The molecule has 2 rings (SSSR count). The molecule has 0 aromatic heterocycles. The van der Waals surface area contributed by atoms with Crippen LogP contribution >= 0.6 is 27.0 Å². The van der Waals surface area contributed by atoms with Gasteiger partial charge in [0.1, 0.15) is 6.61 Å². The van der Waals surface area contributed by atoms with Crippen LogP contribution in [-0.4, -0.2) is 48.9 Å². The summed E-state index contributed by atoms with van der Waals surface area (Å²) < 4.78 is 5.22. The van der Waals surface area contributed by atoms with E-state index in [-0.39, 0.29) is 51.7 Å². The first-order chi connectivity index (χ1) is 9.16. The van der Waals surface area contributed by atoms with Gasteiger partial charge >= 0.3 is 6.09 Å². The van der Waals surface area contributed by atoms with E-state index in [1.165, 1.54) is 4.90 Å². The van der Waals surface area contributed by atoms with Crippen molar-refractivity contribution in [1.82, 2.24) is 10.2 Å². The number of aliphatic hydroxyl groups excluding tert-OH is 1.